The molecule has 7 heteroatoms. The smallest absolute Gasteiger partial charge is 0.250 e. The average molecular weight is 286 g/mol. The molecule has 0 radical (unpaired) electrons. The summed E-state index contributed by atoms with van der Waals surface area (Å²) in [5, 5.41) is 2.03. The molecule has 0 bridgehead atoms. The third-order valence-corrected chi connectivity index (χ3v) is 4.85. The van der Waals surface area contributed by atoms with Gasteiger partial charge in [0.15, 0.2) is 9.84 Å². The van der Waals surface area contributed by atoms with E-state index >= 15 is 0 Å². The highest BCUT2D eigenvalue weighted by atomic mass is 32.2. The molecule has 1 aromatic heterocycles. The predicted molar refractivity (Wildman–Crippen MR) is 72.6 cm³/mol. The molecule has 0 aromatic carbocycles. The van der Waals surface area contributed by atoms with Gasteiger partial charge in [0, 0.05) is 18.8 Å². The number of pyridine rings is 1. The molecule has 0 aliphatic rings. The van der Waals surface area contributed by atoms with Gasteiger partial charge in [0.25, 0.3) is 5.56 Å². The maximum Gasteiger partial charge on any atom is 0.250 e. The average Bonchev–Trinajstić information content (AvgIpc) is 2.31. The minimum atomic E-state index is -3.16. The summed E-state index contributed by atoms with van der Waals surface area (Å²) >= 11 is 0. The largest absolute Gasteiger partial charge is 0.354 e. The Hall–Kier alpha value is -1.63. The quantitative estimate of drug-likeness (QED) is 0.784. The van der Waals surface area contributed by atoms with E-state index in [-0.39, 0.29) is 30.3 Å². The molecule has 1 aromatic rings. The van der Waals surface area contributed by atoms with Gasteiger partial charge >= 0.3 is 0 Å². The first-order valence-corrected chi connectivity index (χ1v) is 7.68. The fraction of sp³-hybridized carbons (Fsp3) is 0.500. The van der Waals surface area contributed by atoms with Crippen molar-refractivity contribution in [2.75, 3.05) is 12.3 Å². The van der Waals surface area contributed by atoms with Crippen molar-refractivity contribution in [3.8, 4) is 0 Å². The zero-order valence-electron chi connectivity index (χ0n) is 11.0. The van der Waals surface area contributed by atoms with E-state index in [9.17, 15) is 18.0 Å². The van der Waals surface area contributed by atoms with Crippen molar-refractivity contribution < 1.29 is 13.2 Å². The molecule has 1 rings (SSSR count). The van der Waals surface area contributed by atoms with E-state index in [1.165, 1.54) is 16.8 Å². The molecule has 1 N–H and O–H groups in total. The van der Waals surface area contributed by atoms with Crippen molar-refractivity contribution in [2.45, 2.75) is 25.6 Å². The van der Waals surface area contributed by atoms with Crippen LogP contribution in [0.5, 0.6) is 0 Å². The molecule has 0 aliphatic heterocycles. The minimum Gasteiger partial charge on any atom is -0.354 e. The number of carbonyl (C=O) groups is 1. The summed E-state index contributed by atoms with van der Waals surface area (Å²) in [5.74, 6) is -0.479. The predicted octanol–water partition coefficient (Wildman–Crippen LogP) is -0.212. The van der Waals surface area contributed by atoms with Crippen molar-refractivity contribution in [3.05, 3.63) is 34.7 Å². The molecule has 1 heterocycles. The first-order valence-electron chi connectivity index (χ1n) is 5.96. The Labute approximate surface area is 112 Å². The molecule has 0 saturated carbocycles. The third-order valence-electron chi connectivity index (χ3n) is 2.64. The lowest BCUT2D eigenvalue weighted by molar-refractivity contribution is -0.121. The highest BCUT2D eigenvalue weighted by Crippen LogP contribution is 1.98. The van der Waals surface area contributed by atoms with Crippen molar-refractivity contribution >= 4 is 15.7 Å². The fourth-order valence-electron chi connectivity index (χ4n) is 1.37. The number of aromatic nitrogens is 1. The van der Waals surface area contributed by atoms with Crippen molar-refractivity contribution in [1.29, 1.82) is 0 Å². The summed E-state index contributed by atoms with van der Waals surface area (Å²) in [7, 11) is -3.16. The van der Waals surface area contributed by atoms with Gasteiger partial charge in [-0.2, -0.15) is 0 Å². The lowest BCUT2D eigenvalue weighted by Gasteiger charge is -2.09. The van der Waals surface area contributed by atoms with Gasteiger partial charge in [0.2, 0.25) is 5.91 Å². The van der Waals surface area contributed by atoms with Crippen molar-refractivity contribution in [2.24, 2.45) is 0 Å². The molecule has 0 atom stereocenters. The zero-order chi connectivity index (χ0) is 14.5. The Kier molecular flexibility index (Phi) is 5.29. The first-order chi connectivity index (χ1) is 8.83. The van der Waals surface area contributed by atoms with Crippen molar-refractivity contribution in [3.63, 3.8) is 0 Å². The molecule has 106 valence electrons. The normalized spacial score (nSPS) is 11.5. The lowest BCUT2D eigenvalue weighted by atomic mass is 10.4. The molecular weight excluding hydrogens is 268 g/mol. The topological polar surface area (TPSA) is 85.2 Å². The number of carbonyl (C=O) groups excluding carboxylic acids is 1. The summed E-state index contributed by atoms with van der Waals surface area (Å²) in [6.07, 6.45) is 1.51. The summed E-state index contributed by atoms with van der Waals surface area (Å²) in [4.78, 5) is 22.9. The number of rotatable bonds is 6. The van der Waals surface area contributed by atoms with E-state index in [1.54, 1.807) is 26.0 Å². The van der Waals surface area contributed by atoms with Crippen LogP contribution >= 0.6 is 0 Å². The van der Waals surface area contributed by atoms with Crippen molar-refractivity contribution in [1.82, 2.24) is 9.88 Å². The maximum absolute atomic E-state index is 11.6. The standard InChI is InChI=1S/C12H18N2O4S/c1-10(2)19(17,18)8-6-13-11(15)9-14-7-4-3-5-12(14)16/h3-5,7,10H,6,8-9H2,1-2H3,(H,13,15). The van der Waals surface area contributed by atoms with E-state index < -0.39 is 15.1 Å². The van der Waals surface area contributed by atoms with Crippen LogP contribution in [0.2, 0.25) is 0 Å². The van der Waals surface area contributed by atoms with Crippen LogP contribution in [0.1, 0.15) is 13.8 Å². The number of sulfone groups is 1. The molecule has 0 unspecified atom stereocenters. The Balaban J connectivity index is 2.46. The summed E-state index contributed by atoms with van der Waals surface area (Å²) in [5.41, 5.74) is -0.271. The van der Waals surface area contributed by atoms with Gasteiger partial charge < -0.3 is 9.88 Å². The highest BCUT2D eigenvalue weighted by Gasteiger charge is 2.15. The van der Waals surface area contributed by atoms with Gasteiger partial charge in [-0.3, -0.25) is 9.59 Å². The lowest BCUT2D eigenvalue weighted by Crippen LogP contribution is -2.35. The fourth-order valence-corrected chi connectivity index (χ4v) is 2.23. The van der Waals surface area contributed by atoms with Gasteiger partial charge in [0.1, 0.15) is 6.54 Å². The number of nitrogens with one attached hydrogen (secondary N) is 1. The number of hydrogen-bond acceptors (Lipinski definition) is 4. The van der Waals surface area contributed by atoms with Crippen LogP contribution in [-0.2, 0) is 21.2 Å². The van der Waals surface area contributed by atoms with E-state index in [0.717, 1.165) is 0 Å². The molecular formula is C12H18N2O4S. The summed E-state index contributed by atoms with van der Waals surface area (Å²) in [6, 6.07) is 4.60. The van der Waals surface area contributed by atoms with E-state index in [4.69, 9.17) is 0 Å². The van der Waals surface area contributed by atoms with Crippen LogP contribution in [-0.4, -0.2) is 36.4 Å². The zero-order valence-corrected chi connectivity index (χ0v) is 11.8. The third kappa shape index (κ3) is 4.86. The molecule has 6 nitrogen and oxygen atoms in total. The molecule has 0 aliphatic carbocycles. The summed E-state index contributed by atoms with van der Waals surface area (Å²) < 4.78 is 24.3. The van der Waals surface area contributed by atoms with Crippen LogP contribution in [0.4, 0.5) is 0 Å². The minimum absolute atomic E-state index is 0.0565. The van der Waals surface area contributed by atoms with Gasteiger partial charge in [-0.25, -0.2) is 8.42 Å². The SMILES string of the molecule is CC(C)S(=O)(=O)CCNC(=O)Cn1ccccc1=O. The van der Waals surface area contributed by atoms with Gasteiger partial charge in [-0.15, -0.1) is 0 Å². The highest BCUT2D eigenvalue weighted by molar-refractivity contribution is 7.92. The van der Waals surface area contributed by atoms with E-state index in [2.05, 4.69) is 5.32 Å². The van der Waals surface area contributed by atoms with Crippen LogP contribution in [0.15, 0.2) is 29.2 Å². The second kappa shape index (κ2) is 6.51. The molecule has 0 spiro atoms. The first kappa shape index (κ1) is 15.4. The summed E-state index contributed by atoms with van der Waals surface area (Å²) in [6.45, 7) is 3.14. The van der Waals surface area contributed by atoms with Crippen LogP contribution in [0.3, 0.4) is 0 Å². The monoisotopic (exact) mass is 286 g/mol. The number of hydrogen-bond donors (Lipinski definition) is 1. The van der Waals surface area contributed by atoms with E-state index in [0.29, 0.717) is 0 Å². The van der Waals surface area contributed by atoms with E-state index in [1.807, 2.05) is 0 Å². The van der Waals surface area contributed by atoms with Gasteiger partial charge in [0.05, 0.1) is 11.0 Å². The van der Waals surface area contributed by atoms with Gasteiger partial charge in [-0.1, -0.05) is 6.07 Å². The Bertz CT molecular complexity index is 590. The number of nitrogens with zero attached hydrogens (tertiary/aromatic N) is 1. The van der Waals surface area contributed by atoms with Crippen LogP contribution in [0, 0.1) is 0 Å². The van der Waals surface area contributed by atoms with Gasteiger partial charge in [-0.05, 0) is 19.9 Å². The molecule has 0 saturated heterocycles. The second-order valence-corrected chi connectivity index (χ2v) is 7.11. The molecule has 0 fully saturated rings. The second-order valence-electron chi connectivity index (χ2n) is 4.43. The number of amides is 1. The van der Waals surface area contributed by atoms with Crippen LogP contribution < -0.4 is 10.9 Å². The van der Waals surface area contributed by atoms with Crippen LogP contribution in [0.25, 0.3) is 0 Å². The Morgan fingerprint density at radius 1 is 1.37 bits per heavy atom. The Morgan fingerprint density at radius 2 is 2.05 bits per heavy atom. The molecule has 1 amide bonds. The maximum atomic E-state index is 11.6. The molecule has 19 heavy (non-hydrogen) atoms. The Morgan fingerprint density at radius 3 is 2.63 bits per heavy atom.